The van der Waals surface area contributed by atoms with E-state index in [2.05, 4.69) is 28.1 Å². The lowest BCUT2D eigenvalue weighted by Crippen LogP contribution is -2.51. The third kappa shape index (κ3) is 5.53. The molecule has 0 unspecified atom stereocenters. The topological polar surface area (TPSA) is 77.4 Å². The Morgan fingerprint density at radius 1 is 1.22 bits per heavy atom. The number of carboxylic acids is 1. The smallest absolute Gasteiger partial charge is 0.335 e. The van der Waals surface area contributed by atoms with Gasteiger partial charge in [0.2, 0.25) is 0 Å². The summed E-state index contributed by atoms with van der Waals surface area (Å²) in [6, 6.07) is 12.8. The number of hydrogen-bond donors (Lipinski definition) is 2. The Balaban J connectivity index is 1.48. The summed E-state index contributed by atoms with van der Waals surface area (Å²) in [5.41, 5.74) is 3.33. The van der Waals surface area contributed by atoms with Gasteiger partial charge in [0.25, 0.3) is 0 Å². The molecule has 2 aromatic carbocycles. The second-order valence-corrected chi connectivity index (χ2v) is 8.65. The number of carboxylic acid groups (broad SMARTS) is 1. The molecule has 8 heteroatoms. The van der Waals surface area contributed by atoms with Crippen molar-refractivity contribution in [2.24, 2.45) is 4.99 Å². The van der Waals surface area contributed by atoms with E-state index in [9.17, 15) is 9.90 Å². The minimum absolute atomic E-state index is 0.146. The molecule has 2 aliphatic heterocycles. The molecule has 2 fully saturated rings. The molecule has 0 radical (unpaired) electrons. The van der Waals surface area contributed by atoms with Gasteiger partial charge in [-0.25, -0.2) is 4.79 Å². The van der Waals surface area contributed by atoms with Gasteiger partial charge in [0, 0.05) is 49.2 Å². The Kier molecular flexibility index (Phi) is 7.17. The number of anilines is 2. The molecule has 2 aliphatic rings. The Hall–Kier alpha value is -2.77. The average molecular weight is 457 g/mol. The van der Waals surface area contributed by atoms with Gasteiger partial charge in [-0.3, -0.25) is 4.99 Å². The maximum absolute atomic E-state index is 11.4. The number of nitrogens with one attached hydrogen (secondary N) is 1. The number of guanidine groups is 1. The highest BCUT2D eigenvalue weighted by Gasteiger charge is 2.23. The number of halogens is 1. The van der Waals surface area contributed by atoms with Crippen LogP contribution in [-0.2, 0) is 4.74 Å². The number of aryl methyl sites for hydroxylation is 1. The second kappa shape index (κ2) is 10.2. The van der Waals surface area contributed by atoms with Crippen molar-refractivity contribution in [2.45, 2.75) is 25.9 Å². The Labute approximate surface area is 193 Å². The van der Waals surface area contributed by atoms with Crippen molar-refractivity contribution in [3.63, 3.8) is 0 Å². The van der Waals surface area contributed by atoms with E-state index in [0.29, 0.717) is 12.2 Å². The highest BCUT2D eigenvalue weighted by Crippen LogP contribution is 2.25. The monoisotopic (exact) mass is 456 g/mol. The second-order valence-electron chi connectivity index (χ2n) is 8.22. The Morgan fingerprint density at radius 3 is 2.75 bits per heavy atom. The molecule has 7 nitrogen and oxygen atoms in total. The average Bonchev–Trinajstić information content (AvgIpc) is 3.32. The van der Waals surface area contributed by atoms with Crippen LogP contribution >= 0.6 is 11.6 Å². The first kappa shape index (κ1) is 22.4. The highest BCUT2D eigenvalue weighted by molar-refractivity contribution is 6.30. The standard InChI is InChI=1S/C24H29ClN4O3/c1-17-7-8-19(25)15-22(17)28-9-11-29(12-10-28)24(26-16-21-6-3-13-32-21)27-20-5-2-4-18(14-20)23(30)31/h2,4-5,7-8,14-15,21H,3,6,9-13,16H2,1H3,(H,26,27)(H,30,31)/t21-/m0/s1. The minimum Gasteiger partial charge on any atom is -0.478 e. The third-order valence-electron chi connectivity index (χ3n) is 5.93. The number of piperazine rings is 1. The van der Waals surface area contributed by atoms with Crippen molar-refractivity contribution in [3.8, 4) is 0 Å². The quantitative estimate of drug-likeness (QED) is 0.520. The van der Waals surface area contributed by atoms with Crippen molar-refractivity contribution >= 4 is 34.9 Å². The van der Waals surface area contributed by atoms with E-state index in [1.807, 2.05) is 18.2 Å². The predicted molar refractivity (Wildman–Crippen MR) is 128 cm³/mol. The van der Waals surface area contributed by atoms with Crippen LogP contribution in [-0.4, -0.2) is 67.4 Å². The number of aliphatic imine (C=N–C) groups is 1. The molecule has 32 heavy (non-hydrogen) atoms. The number of ether oxygens (including phenoxy) is 1. The summed E-state index contributed by atoms with van der Waals surface area (Å²) in [7, 11) is 0. The lowest BCUT2D eigenvalue weighted by Gasteiger charge is -2.38. The van der Waals surface area contributed by atoms with Crippen molar-refractivity contribution in [1.29, 1.82) is 0 Å². The first-order valence-electron chi connectivity index (χ1n) is 11.0. The van der Waals surface area contributed by atoms with Crippen molar-refractivity contribution in [2.75, 3.05) is 49.5 Å². The molecule has 4 rings (SSSR count). The lowest BCUT2D eigenvalue weighted by atomic mass is 10.1. The first-order chi connectivity index (χ1) is 15.5. The molecule has 0 bridgehead atoms. The van der Waals surface area contributed by atoms with E-state index in [1.165, 1.54) is 5.56 Å². The summed E-state index contributed by atoms with van der Waals surface area (Å²) < 4.78 is 5.74. The number of benzene rings is 2. The van der Waals surface area contributed by atoms with Crippen molar-refractivity contribution in [3.05, 3.63) is 58.6 Å². The summed E-state index contributed by atoms with van der Waals surface area (Å²) in [5.74, 6) is -0.192. The molecule has 2 heterocycles. The molecule has 170 valence electrons. The van der Waals surface area contributed by atoms with Crippen LogP contribution in [0.3, 0.4) is 0 Å². The van der Waals surface area contributed by atoms with Crippen LogP contribution in [0, 0.1) is 6.92 Å². The van der Waals surface area contributed by atoms with Gasteiger partial charge in [-0.05, 0) is 55.7 Å². The highest BCUT2D eigenvalue weighted by atomic mass is 35.5. The maximum Gasteiger partial charge on any atom is 0.335 e. The maximum atomic E-state index is 11.4. The van der Waals surface area contributed by atoms with E-state index < -0.39 is 5.97 Å². The van der Waals surface area contributed by atoms with Crippen LogP contribution in [0.4, 0.5) is 11.4 Å². The van der Waals surface area contributed by atoms with Crippen LogP contribution in [0.2, 0.25) is 5.02 Å². The lowest BCUT2D eigenvalue weighted by molar-refractivity contribution is 0.0697. The predicted octanol–water partition coefficient (Wildman–Crippen LogP) is 4.12. The van der Waals surface area contributed by atoms with E-state index in [4.69, 9.17) is 21.3 Å². The van der Waals surface area contributed by atoms with Crippen LogP contribution < -0.4 is 10.2 Å². The van der Waals surface area contributed by atoms with Crippen LogP contribution in [0.15, 0.2) is 47.5 Å². The van der Waals surface area contributed by atoms with E-state index in [1.54, 1.807) is 18.2 Å². The van der Waals surface area contributed by atoms with Crippen molar-refractivity contribution < 1.29 is 14.6 Å². The molecule has 1 atom stereocenters. The molecule has 2 saturated heterocycles. The van der Waals surface area contributed by atoms with E-state index in [0.717, 1.165) is 62.3 Å². The van der Waals surface area contributed by atoms with Crippen molar-refractivity contribution in [1.82, 2.24) is 4.90 Å². The van der Waals surface area contributed by atoms with Gasteiger partial charge < -0.3 is 25.0 Å². The largest absolute Gasteiger partial charge is 0.478 e. The van der Waals surface area contributed by atoms with E-state index in [-0.39, 0.29) is 11.7 Å². The molecule has 2 aromatic rings. The number of hydrogen-bond acceptors (Lipinski definition) is 4. The third-order valence-corrected chi connectivity index (χ3v) is 6.16. The zero-order valence-corrected chi connectivity index (χ0v) is 19.0. The molecule has 0 aromatic heterocycles. The Morgan fingerprint density at radius 2 is 2.03 bits per heavy atom. The molecule has 0 amide bonds. The first-order valence-corrected chi connectivity index (χ1v) is 11.4. The molecule has 0 saturated carbocycles. The van der Waals surface area contributed by atoms with Crippen LogP contribution in [0.5, 0.6) is 0 Å². The fourth-order valence-electron chi connectivity index (χ4n) is 4.14. The van der Waals surface area contributed by atoms with Gasteiger partial charge in [-0.15, -0.1) is 0 Å². The number of nitrogens with zero attached hydrogens (tertiary/aromatic N) is 3. The van der Waals surface area contributed by atoms with Gasteiger partial charge in [0.1, 0.15) is 0 Å². The Bertz CT molecular complexity index is 983. The van der Waals surface area contributed by atoms with Gasteiger partial charge in [-0.1, -0.05) is 23.7 Å². The normalized spacial score (nSPS) is 19.3. The molecule has 0 spiro atoms. The summed E-state index contributed by atoms with van der Waals surface area (Å²) >= 11 is 6.22. The molecule has 0 aliphatic carbocycles. The molecular formula is C24H29ClN4O3. The van der Waals surface area contributed by atoms with E-state index >= 15 is 0 Å². The van der Waals surface area contributed by atoms with Gasteiger partial charge in [0.15, 0.2) is 5.96 Å². The summed E-state index contributed by atoms with van der Waals surface area (Å²) in [6.45, 7) is 6.76. The fourth-order valence-corrected chi connectivity index (χ4v) is 4.30. The van der Waals surface area contributed by atoms with Gasteiger partial charge in [0.05, 0.1) is 18.2 Å². The fraction of sp³-hybridized carbons (Fsp3) is 0.417. The summed E-state index contributed by atoms with van der Waals surface area (Å²) in [6.07, 6.45) is 2.24. The number of aromatic carboxylic acids is 1. The molecular weight excluding hydrogens is 428 g/mol. The summed E-state index contributed by atoms with van der Waals surface area (Å²) in [4.78, 5) is 20.8. The molecule has 2 N–H and O–H groups in total. The zero-order chi connectivity index (χ0) is 22.5. The number of carbonyl (C=O) groups is 1. The van der Waals surface area contributed by atoms with Gasteiger partial charge in [-0.2, -0.15) is 0 Å². The van der Waals surface area contributed by atoms with Crippen LogP contribution in [0.1, 0.15) is 28.8 Å². The number of rotatable bonds is 5. The zero-order valence-electron chi connectivity index (χ0n) is 18.3. The summed E-state index contributed by atoms with van der Waals surface area (Å²) in [5, 5.41) is 13.4. The SMILES string of the molecule is Cc1ccc(Cl)cc1N1CCN(C(=NC[C@@H]2CCCO2)Nc2cccc(C(=O)O)c2)CC1. The van der Waals surface area contributed by atoms with Crippen LogP contribution in [0.25, 0.3) is 0 Å². The minimum atomic E-state index is -0.947. The van der Waals surface area contributed by atoms with Gasteiger partial charge >= 0.3 is 5.97 Å².